The van der Waals surface area contributed by atoms with E-state index in [1.54, 1.807) is 23.1 Å². The molecule has 1 heterocycles. The molecule has 146 valence electrons. The van der Waals surface area contributed by atoms with Crippen molar-refractivity contribution in [2.45, 2.75) is 26.7 Å². The van der Waals surface area contributed by atoms with Crippen molar-refractivity contribution < 1.29 is 9.59 Å². The molecule has 0 aliphatic rings. The van der Waals surface area contributed by atoms with Crippen LogP contribution < -0.4 is 5.32 Å². The molecule has 0 radical (unpaired) electrons. The number of nitrogens with zero attached hydrogens (tertiary/aromatic N) is 2. The molecule has 3 rings (SSSR count). The van der Waals surface area contributed by atoms with E-state index in [0.29, 0.717) is 35.8 Å². The van der Waals surface area contributed by atoms with Crippen molar-refractivity contribution in [2.24, 2.45) is 0 Å². The van der Waals surface area contributed by atoms with Crippen LogP contribution in [0.5, 0.6) is 0 Å². The van der Waals surface area contributed by atoms with Gasteiger partial charge in [-0.25, -0.2) is 4.98 Å². The van der Waals surface area contributed by atoms with Crippen LogP contribution in [0.3, 0.4) is 0 Å². The zero-order valence-corrected chi connectivity index (χ0v) is 16.7. The summed E-state index contributed by atoms with van der Waals surface area (Å²) in [5.41, 5.74) is 2.85. The number of H-pyrrole nitrogens is 1. The predicted molar refractivity (Wildman–Crippen MR) is 112 cm³/mol. The molecular formula is C21H23ClN4O2. The third-order valence-electron chi connectivity index (χ3n) is 4.56. The first kappa shape index (κ1) is 19.9. The van der Waals surface area contributed by atoms with Gasteiger partial charge in [-0.1, -0.05) is 23.7 Å². The Morgan fingerprint density at radius 2 is 1.89 bits per heavy atom. The third-order valence-corrected chi connectivity index (χ3v) is 4.87. The lowest BCUT2D eigenvalue weighted by Crippen LogP contribution is -2.30. The topological polar surface area (TPSA) is 78.1 Å². The zero-order chi connectivity index (χ0) is 20.1. The number of anilines is 1. The number of aryl methyl sites for hydroxylation is 1. The molecule has 0 atom stereocenters. The minimum atomic E-state index is -0.139. The van der Waals surface area contributed by atoms with E-state index in [9.17, 15) is 9.59 Å². The van der Waals surface area contributed by atoms with Crippen LogP contribution in [-0.4, -0.2) is 39.8 Å². The van der Waals surface area contributed by atoms with Crippen LogP contribution in [0.4, 0.5) is 5.69 Å². The molecule has 0 saturated carbocycles. The second-order valence-electron chi connectivity index (χ2n) is 6.42. The molecule has 2 N–H and O–H groups in total. The molecule has 0 bridgehead atoms. The summed E-state index contributed by atoms with van der Waals surface area (Å²) >= 11 is 6.27. The molecule has 7 heteroatoms. The number of hydrogen-bond donors (Lipinski definition) is 2. The molecule has 0 fully saturated rings. The Balaban J connectivity index is 1.60. The fourth-order valence-corrected chi connectivity index (χ4v) is 3.29. The van der Waals surface area contributed by atoms with Gasteiger partial charge in [0, 0.05) is 31.6 Å². The van der Waals surface area contributed by atoms with Gasteiger partial charge in [0.25, 0.3) is 5.91 Å². The average Bonchev–Trinajstić information content (AvgIpc) is 3.10. The van der Waals surface area contributed by atoms with Crippen LogP contribution in [0.1, 0.15) is 36.5 Å². The largest absolute Gasteiger partial charge is 0.342 e. The number of amides is 2. The molecule has 0 aliphatic heterocycles. The van der Waals surface area contributed by atoms with Crippen molar-refractivity contribution in [1.82, 2.24) is 14.9 Å². The molecule has 0 unspecified atom stereocenters. The van der Waals surface area contributed by atoms with Gasteiger partial charge in [-0.15, -0.1) is 0 Å². The van der Waals surface area contributed by atoms with Gasteiger partial charge in [0.05, 0.1) is 21.6 Å². The maximum Gasteiger partial charge on any atom is 0.255 e. The second kappa shape index (κ2) is 8.89. The lowest BCUT2D eigenvalue weighted by Gasteiger charge is -2.19. The number of halogens is 1. The molecule has 28 heavy (non-hydrogen) atoms. The van der Waals surface area contributed by atoms with Gasteiger partial charge in [-0.05, 0) is 44.2 Å². The van der Waals surface area contributed by atoms with Gasteiger partial charge in [0.2, 0.25) is 5.91 Å². The maximum atomic E-state index is 12.4. The van der Waals surface area contributed by atoms with Gasteiger partial charge >= 0.3 is 0 Å². The Morgan fingerprint density at radius 3 is 2.57 bits per heavy atom. The molecule has 2 aromatic carbocycles. The fourth-order valence-electron chi connectivity index (χ4n) is 3.03. The van der Waals surface area contributed by atoms with Crippen LogP contribution in [-0.2, 0) is 11.2 Å². The van der Waals surface area contributed by atoms with E-state index in [4.69, 9.17) is 11.6 Å². The van der Waals surface area contributed by atoms with Gasteiger partial charge in [-0.2, -0.15) is 0 Å². The predicted octanol–water partition coefficient (Wildman–Crippen LogP) is 4.27. The molecule has 2 amide bonds. The summed E-state index contributed by atoms with van der Waals surface area (Å²) in [6.45, 7) is 5.08. The van der Waals surface area contributed by atoms with Crippen molar-refractivity contribution in [3.05, 3.63) is 58.9 Å². The summed E-state index contributed by atoms with van der Waals surface area (Å²) in [6.07, 6.45) is 0.796. The molecule has 3 aromatic rings. The maximum absolute atomic E-state index is 12.4. The summed E-state index contributed by atoms with van der Waals surface area (Å²) in [6, 6.07) is 12.7. The van der Waals surface area contributed by atoms with E-state index in [0.717, 1.165) is 16.9 Å². The normalized spacial score (nSPS) is 10.8. The standard InChI is InChI=1S/C21H23ClN4O2/c1-3-26(4-2)21(28)15-10-9-14(13-16(15)22)23-20(27)12-11-19-24-17-7-5-6-8-18(17)25-19/h5-10,13H,3-4,11-12H2,1-2H3,(H,23,27)(H,24,25). The Bertz CT molecular complexity index is 962. The van der Waals surface area contributed by atoms with Crippen molar-refractivity contribution >= 4 is 40.1 Å². The molecule has 0 spiro atoms. The van der Waals surface area contributed by atoms with E-state index in [1.807, 2.05) is 38.1 Å². The highest BCUT2D eigenvalue weighted by atomic mass is 35.5. The summed E-state index contributed by atoms with van der Waals surface area (Å²) in [7, 11) is 0. The quantitative estimate of drug-likeness (QED) is 0.623. The zero-order valence-electron chi connectivity index (χ0n) is 16.0. The lowest BCUT2D eigenvalue weighted by atomic mass is 10.1. The van der Waals surface area contributed by atoms with Crippen molar-refractivity contribution in [1.29, 1.82) is 0 Å². The summed E-state index contributed by atoms with van der Waals surface area (Å²) in [5.74, 6) is 0.520. The molecular weight excluding hydrogens is 376 g/mol. The Hall–Kier alpha value is -2.86. The Labute approximate surface area is 168 Å². The number of para-hydroxylation sites is 2. The first-order valence-electron chi connectivity index (χ1n) is 9.34. The van der Waals surface area contributed by atoms with Crippen LogP contribution in [0.15, 0.2) is 42.5 Å². The summed E-state index contributed by atoms with van der Waals surface area (Å²) in [5, 5.41) is 3.15. The highest BCUT2D eigenvalue weighted by molar-refractivity contribution is 6.34. The molecule has 0 saturated heterocycles. The van der Waals surface area contributed by atoms with E-state index in [1.165, 1.54) is 0 Å². The highest BCUT2D eigenvalue weighted by Crippen LogP contribution is 2.23. The van der Waals surface area contributed by atoms with E-state index >= 15 is 0 Å². The summed E-state index contributed by atoms with van der Waals surface area (Å²) < 4.78 is 0. The fraction of sp³-hybridized carbons (Fsp3) is 0.286. The number of hydrogen-bond acceptors (Lipinski definition) is 3. The minimum absolute atomic E-state index is 0.113. The number of aromatic amines is 1. The van der Waals surface area contributed by atoms with Crippen LogP contribution in [0, 0.1) is 0 Å². The first-order chi connectivity index (χ1) is 13.5. The van der Waals surface area contributed by atoms with E-state index in [-0.39, 0.29) is 18.2 Å². The molecule has 6 nitrogen and oxygen atoms in total. The smallest absolute Gasteiger partial charge is 0.255 e. The third kappa shape index (κ3) is 4.51. The number of carbonyl (C=O) groups is 2. The molecule has 0 aliphatic carbocycles. The van der Waals surface area contributed by atoms with E-state index in [2.05, 4.69) is 15.3 Å². The monoisotopic (exact) mass is 398 g/mol. The first-order valence-corrected chi connectivity index (χ1v) is 9.72. The number of benzene rings is 2. The minimum Gasteiger partial charge on any atom is -0.342 e. The number of fused-ring (bicyclic) bond motifs is 1. The van der Waals surface area contributed by atoms with Crippen LogP contribution in [0.25, 0.3) is 11.0 Å². The number of nitrogens with one attached hydrogen (secondary N) is 2. The summed E-state index contributed by atoms with van der Waals surface area (Å²) in [4.78, 5) is 34.1. The van der Waals surface area contributed by atoms with Gasteiger partial charge < -0.3 is 15.2 Å². The average molecular weight is 399 g/mol. The van der Waals surface area contributed by atoms with Crippen molar-refractivity contribution in [2.75, 3.05) is 18.4 Å². The highest BCUT2D eigenvalue weighted by Gasteiger charge is 2.16. The number of carbonyl (C=O) groups excluding carboxylic acids is 2. The van der Waals surface area contributed by atoms with Crippen molar-refractivity contribution in [3.8, 4) is 0 Å². The van der Waals surface area contributed by atoms with Gasteiger partial charge in [0.1, 0.15) is 5.82 Å². The van der Waals surface area contributed by atoms with Gasteiger partial charge in [0.15, 0.2) is 0 Å². The SMILES string of the molecule is CCN(CC)C(=O)c1ccc(NC(=O)CCc2nc3ccccc3[nH]2)cc1Cl. The van der Waals surface area contributed by atoms with Crippen molar-refractivity contribution in [3.63, 3.8) is 0 Å². The van der Waals surface area contributed by atoms with Crippen LogP contribution >= 0.6 is 11.6 Å². The Kier molecular flexibility index (Phi) is 6.31. The molecule has 1 aromatic heterocycles. The van der Waals surface area contributed by atoms with Crippen LogP contribution in [0.2, 0.25) is 5.02 Å². The lowest BCUT2D eigenvalue weighted by molar-refractivity contribution is -0.116. The number of imidazole rings is 1. The second-order valence-corrected chi connectivity index (χ2v) is 6.83. The number of aromatic nitrogens is 2. The van der Waals surface area contributed by atoms with Gasteiger partial charge in [-0.3, -0.25) is 9.59 Å². The Morgan fingerprint density at radius 1 is 1.14 bits per heavy atom. The number of rotatable bonds is 7. The van der Waals surface area contributed by atoms with E-state index < -0.39 is 0 Å².